The van der Waals surface area contributed by atoms with Gasteiger partial charge in [-0.15, -0.1) is 0 Å². The summed E-state index contributed by atoms with van der Waals surface area (Å²) >= 11 is 0. The van der Waals surface area contributed by atoms with Crippen LogP contribution in [-0.4, -0.2) is 23.6 Å². The van der Waals surface area contributed by atoms with Gasteiger partial charge in [0.15, 0.2) is 0 Å². The van der Waals surface area contributed by atoms with E-state index in [1.54, 1.807) is 30.3 Å². The SMILES string of the molecule is O=C(Nc1ccccc1)C(F)(F)CC1CC(c2ccccc2)=NO1. The third-order valence-electron chi connectivity index (χ3n) is 3.69. The minimum Gasteiger partial charge on any atom is -0.392 e. The van der Waals surface area contributed by atoms with Crippen LogP contribution in [0, 0.1) is 0 Å². The maximum Gasteiger partial charge on any atom is 0.328 e. The van der Waals surface area contributed by atoms with Crippen molar-refractivity contribution in [1.29, 1.82) is 0 Å². The molecule has 0 fully saturated rings. The van der Waals surface area contributed by atoms with Gasteiger partial charge >= 0.3 is 5.92 Å². The number of hydrogen-bond donors (Lipinski definition) is 1. The summed E-state index contributed by atoms with van der Waals surface area (Å²) in [6.45, 7) is 0. The van der Waals surface area contributed by atoms with Gasteiger partial charge in [0.05, 0.1) is 12.1 Å². The van der Waals surface area contributed by atoms with Crippen LogP contribution in [0.4, 0.5) is 14.5 Å². The molecule has 1 unspecified atom stereocenters. The predicted octanol–water partition coefficient (Wildman–Crippen LogP) is 3.84. The van der Waals surface area contributed by atoms with E-state index in [9.17, 15) is 13.6 Å². The Labute approximate surface area is 138 Å². The lowest BCUT2D eigenvalue weighted by molar-refractivity contribution is -0.144. The molecule has 1 heterocycles. The second kappa shape index (κ2) is 6.78. The van der Waals surface area contributed by atoms with Crippen LogP contribution in [0.25, 0.3) is 0 Å². The first-order valence-corrected chi connectivity index (χ1v) is 7.57. The Balaban J connectivity index is 1.58. The van der Waals surface area contributed by atoms with Gasteiger partial charge in [0.2, 0.25) is 0 Å². The third-order valence-corrected chi connectivity index (χ3v) is 3.69. The molecule has 6 heteroatoms. The van der Waals surface area contributed by atoms with Gasteiger partial charge in [-0.3, -0.25) is 4.79 Å². The number of carbonyl (C=O) groups is 1. The van der Waals surface area contributed by atoms with Crippen molar-refractivity contribution >= 4 is 17.3 Å². The average molecular weight is 330 g/mol. The Bertz CT molecular complexity index is 733. The lowest BCUT2D eigenvalue weighted by Gasteiger charge is -2.18. The molecule has 1 atom stereocenters. The van der Waals surface area contributed by atoms with Crippen molar-refractivity contribution in [2.24, 2.45) is 5.16 Å². The van der Waals surface area contributed by atoms with Crippen molar-refractivity contribution in [3.8, 4) is 0 Å². The number of alkyl halides is 2. The van der Waals surface area contributed by atoms with Crippen LogP contribution in [0.3, 0.4) is 0 Å². The highest BCUT2D eigenvalue weighted by molar-refractivity contribution is 6.01. The number of rotatable bonds is 5. The Morgan fingerprint density at radius 2 is 1.75 bits per heavy atom. The highest BCUT2D eigenvalue weighted by Crippen LogP contribution is 2.29. The molecule has 0 aromatic heterocycles. The van der Waals surface area contributed by atoms with Crippen LogP contribution < -0.4 is 5.32 Å². The van der Waals surface area contributed by atoms with Crippen molar-refractivity contribution < 1.29 is 18.4 Å². The summed E-state index contributed by atoms with van der Waals surface area (Å²) in [5.74, 6) is -4.88. The molecule has 1 aliphatic rings. The van der Waals surface area contributed by atoms with Crippen LogP contribution in [0.2, 0.25) is 0 Å². The van der Waals surface area contributed by atoms with Crippen molar-refractivity contribution in [2.75, 3.05) is 5.32 Å². The monoisotopic (exact) mass is 330 g/mol. The number of nitrogens with one attached hydrogen (secondary N) is 1. The molecule has 4 nitrogen and oxygen atoms in total. The van der Waals surface area contributed by atoms with Crippen molar-refractivity contribution in [3.05, 3.63) is 66.2 Å². The molecular formula is C18H16F2N2O2. The summed E-state index contributed by atoms with van der Waals surface area (Å²) in [6.07, 6.45) is -1.29. The molecule has 2 aromatic carbocycles. The fourth-order valence-electron chi connectivity index (χ4n) is 2.46. The number of nitrogens with zero attached hydrogens (tertiary/aromatic N) is 1. The molecular weight excluding hydrogens is 314 g/mol. The first-order valence-electron chi connectivity index (χ1n) is 7.57. The van der Waals surface area contributed by atoms with Gasteiger partial charge in [0.25, 0.3) is 5.91 Å². The zero-order valence-electron chi connectivity index (χ0n) is 12.8. The molecule has 2 aromatic rings. The van der Waals surface area contributed by atoms with Gasteiger partial charge in [-0.25, -0.2) is 0 Å². The molecule has 0 bridgehead atoms. The third kappa shape index (κ3) is 3.76. The molecule has 24 heavy (non-hydrogen) atoms. The summed E-state index contributed by atoms with van der Waals surface area (Å²) in [4.78, 5) is 16.9. The maximum absolute atomic E-state index is 14.1. The summed E-state index contributed by atoms with van der Waals surface area (Å²) in [6, 6.07) is 17.4. The number of amides is 1. The number of hydrogen-bond acceptors (Lipinski definition) is 3. The van der Waals surface area contributed by atoms with Crippen LogP contribution in [-0.2, 0) is 9.63 Å². The maximum atomic E-state index is 14.1. The second-order valence-electron chi connectivity index (χ2n) is 5.56. The molecule has 1 amide bonds. The molecule has 124 valence electrons. The Kier molecular flexibility index (Phi) is 4.55. The molecule has 0 aliphatic carbocycles. The normalized spacial score (nSPS) is 17.1. The average Bonchev–Trinajstić information content (AvgIpc) is 3.04. The van der Waals surface area contributed by atoms with Crippen LogP contribution in [0.15, 0.2) is 65.8 Å². The van der Waals surface area contributed by atoms with Gasteiger partial charge in [-0.1, -0.05) is 53.7 Å². The van der Waals surface area contributed by atoms with E-state index in [1.165, 1.54) is 0 Å². The van der Waals surface area contributed by atoms with Crippen LogP contribution in [0.5, 0.6) is 0 Å². The summed E-state index contributed by atoms with van der Waals surface area (Å²) in [5, 5.41) is 6.08. The minimum atomic E-state index is -3.54. The number of benzene rings is 2. The van der Waals surface area contributed by atoms with E-state index in [2.05, 4.69) is 10.5 Å². The molecule has 0 saturated carbocycles. The summed E-state index contributed by atoms with van der Waals surface area (Å²) in [5.41, 5.74) is 1.77. The van der Waals surface area contributed by atoms with Gasteiger partial charge < -0.3 is 10.2 Å². The molecule has 0 radical (unpaired) electrons. The van der Waals surface area contributed by atoms with Crippen LogP contribution >= 0.6 is 0 Å². The van der Waals surface area contributed by atoms with E-state index in [1.807, 2.05) is 30.3 Å². The smallest absolute Gasteiger partial charge is 0.328 e. The van der Waals surface area contributed by atoms with Crippen LogP contribution in [0.1, 0.15) is 18.4 Å². The first-order chi connectivity index (χ1) is 11.5. The second-order valence-corrected chi connectivity index (χ2v) is 5.56. The summed E-state index contributed by atoms with van der Waals surface area (Å²) < 4.78 is 28.3. The fraction of sp³-hybridized carbons (Fsp3) is 0.222. The Hall–Kier alpha value is -2.76. The Morgan fingerprint density at radius 1 is 1.12 bits per heavy atom. The van der Waals surface area contributed by atoms with Gasteiger partial charge in [0, 0.05) is 12.1 Å². The topological polar surface area (TPSA) is 50.7 Å². The molecule has 0 saturated heterocycles. The molecule has 1 N–H and O–H groups in total. The number of oxime groups is 1. The minimum absolute atomic E-state index is 0.248. The first kappa shape index (κ1) is 16.1. The lowest BCUT2D eigenvalue weighted by atomic mass is 10.0. The number of anilines is 1. The summed E-state index contributed by atoms with van der Waals surface area (Å²) in [7, 11) is 0. The standard InChI is InChI=1S/C18H16F2N2O2/c19-18(20,17(23)21-14-9-5-2-6-10-14)12-15-11-16(22-24-15)13-7-3-1-4-8-13/h1-10,15H,11-12H2,(H,21,23). The van der Waals surface area contributed by atoms with E-state index in [4.69, 9.17) is 4.84 Å². The fourth-order valence-corrected chi connectivity index (χ4v) is 2.46. The van der Waals surface area contributed by atoms with E-state index in [-0.39, 0.29) is 6.42 Å². The quantitative estimate of drug-likeness (QED) is 0.905. The number of para-hydroxylation sites is 1. The van der Waals surface area contributed by atoms with Gasteiger partial charge in [0.1, 0.15) is 6.10 Å². The highest BCUT2D eigenvalue weighted by Gasteiger charge is 2.43. The van der Waals surface area contributed by atoms with Gasteiger partial charge in [-0.2, -0.15) is 8.78 Å². The van der Waals surface area contributed by atoms with Crippen molar-refractivity contribution in [1.82, 2.24) is 0 Å². The molecule has 0 spiro atoms. The zero-order chi connectivity index (χ0) is 17.0. The lowest BCUT2D eigenvalue weighted by Crippen LogP contribution is -2.37. The van der Waals surface area contributed by atoms with Crippen molar-refractivity contribution in [2.45, 2.75) is 24.9 Å². The van der Waals surface area contributed by atoms with Crippen molar-refractivity contribution in [3.63, 3.8) is 0 Å². The number of halogens is 2. The largest absolute Gasteiger partial charge is 0.392 e. The molecule has 3 rings (SSSR count). The highest BCUT2D eigenvalue weighted by atomic mass is 19.3. The van der Waals surface area contributed by atoms with Gasteiger partial charge in [-0.05, 0) is 17.7 Å². The predicted molar refractivity (Wildman–Crippen MR) is 87.1 cm³/mol. The molecule has 1 aliphatic heterocycles. The van der Waals surface area contributed by atoms with E-state index >= 15 is 0 Å². The van der Waals surface area contributed by atoms with E-state index in [0.29, 0.717) is 11.4 Å². The van der Waals surface area contributed by atoms with E-state index < -0.39 is 24.4 Å². The number of carbonyl (C=O) groups excluding carboxylic acids is 1. The zero-order valence-corrected chi connectivity index (χ0v) is 12.8. The Morgan fingerprint density at radius 3 is 2.42 bits per heavy atom. The van der Waals surface area contributed by atoms with E-state index in [0.717, 1.165) is 5.56 Å².